The molecule has 2 rings (SSSR count). The van der Waals surface area contributed by atoms with Crippen molar-refractivity contribution < 1.29 is 19.1 Å². The highest BCUT2D eigenvalue weighted by molar-refractivity contribution is 6.28. The van der Waals surface area contributed by atoms with E-state index >= 15 is 0 Å². The second-order valence-electron chi connectivity index (χ2n) is 4.46. The van der Waals surface area contributed by atoms with Crippen molar-refractivity contribution in [3.8, 4) is 0 Å². The number of benzene rings is 1. The van der Waals surface area contributed by atoms with E-state index in [1.807, 2.05) is 12.1 Å². The summed E-state index contributed by atoms with van der Waals surface area (Å²) in [6.07, 6.45) is 4.03. The van der Waals surface area contributed by atoms with Gasteiger partial charge in [0.15, 0.2) is 0 Å². The van der Waals surface area contributed by atoms with E-state index in [1.165, 1.54) is 19.1 Å². The molecule has 1 aromatic carbocycles. The van der Waals surface area contributed by atoms with Crippen molar-refractivity contribution in [3.63, 3.8) is 0 Å². The summed E-state index contributed by atoms with van der Waals surface area (Å²) in [6, 6.07) is 7.21. The van der Waals surface area contributed by atoms with E-state index in [0.29, 0.717) is 12.3 Å². The molecular formula is C15H15NO4. The first kappa shape index (κ1) is 14.0. The average molecular weight is 273 g/mol. The van der Waals surface area contributed by atoms with Gasteiger partial charge >= 0.3 is 5.97 Å². The molecule has 0 N–H and O–H groups in total. The highest BCUT2D eigenvalue weighted by Crippen LogP contribution is 2.19. The van der Waals surface area contributed by atoms with Crippen molar-refractivity contribution in [2.45, 2.75) is 19.8 Å². The summed E-state index contributed by atoms with van der Waals surface area (Å²) in [4.78, 5) is 34.8. The molecule has 2 amide bonds. The Kier molecular flexibility index (Phi) is 4.30. The third-order valence-electron chi connectivity index (χ3n) is 2.92. The molecule has 0 bridgehead atoms. The van der Waals surface area contributed by atoms with Gasteiger partial charge in [-0.15, -0.1) is 0 Å². The number of hydrogen-bond acceptors (Lipinski definition) is 4. The molecule has 1 heterocycles. The Hall–Kier alpha value is -2.43. The zero-order valence-corrected chi connectivity index (χ0v) is 11.2. The van der Waals surface area contributed by atoms with Crippen LogP contribution < -0.4 is 4.90 Å². The molecule has 0 saturated carbocycles. The third kappa shape index (κ3) is 3.32. The minimum absolute atomic E-state index is 0.279. The van der Waals surface area contributed by atoms with Gasteiger partial charge in [0.25, 0.3) is 11.8 Å². The summed E-state index contributed by atoms with van der Waals surface area (Å²) in [5, 5.41) is 0. The molecule has 0 unspecified atom stereocenters. The second-order valence-corrected chi connectivity index (χ2v) is 4.46. The summed E-state index contributed by atoms with van der Waals surface area (Å²) in [6.45, 7) is 1.77. The van der Waals surface area contributed by atoms with Crippen LogP contribution in [0.15, 0.2) is 36.4 Å². The molecule has 1 aromatic rings. The summed E-state index contributed by atoms with van der Waals surface area (Å²) in [5.74, 6) is -0.922. The molecule has 0 aromatic heterocycles. The zero-order chi connectivity index (χ0) is 14.5. The van der Waals surface area contributed by atoms with Crippen molar-refractivity contribution in [2.75, 3.05) is 11.5 Å². The Balaban J connectivity index is 1.92. The highest BCUT2D eigenvalue weighted by atomic mass is 16.5. The van der Waals surface area contributed by atoms with Crippen molar-refractivity contribution in [1.82, 2.24) is 0 Å². The van der Waals surface area contributed by atoms with E-state index in [-0.39, 0.29) is 17.8 Å². The summed E-state index contributed by atoms with van der Waals surface area (Å²) >= 11 is 0. The summed E-state index contributed by atoms with van der Waals surface area (Å²) in [5.41, 5.74) is 1.63. The summed E-state index contributed by atoms with van der Waals surface area (Å²) in [7, 11) is 0. The molecule has 1 aliphatic heterocycles. The lowest BCUT2D eigenvalue weighted by Crippen LogP contribution is -2.29. The van der Waals surface area contributed by atoms with Crippen LogP contribution in [0.5, 0.6) is 0 Å². The number of anilines is 1. The fraction of sp³-hybridized carbons (Fsp3) is 0.267. The molecule has 0 spiro atoms. The average Bonchev–Trinajstić information content (AvgIpc) is 2.75. The standard InChI is InChI=1S/C15H15NO4/c1-11(17)20-10-2-3-12-4-6-13(7-5-12)16-14(18)8-9-15(16)19/h4-9H,2-3,10H2,1H3. The van der Waals surface area contributed by atoms with Gasteiger partial charge in [0.05, 0.1) is 12.3 Å². The number of hydrogen-bond donors (Lipinski definition) is 0. The van der Waals surface area contributed by atoms with Crippen molar-refractivity contribution in [1.29, 1.82) is 0 Å². The maximum Gasteiger partial charge on any atom is 0.302 e. The normalized spacial score (nSPS) is 13.9. The molecular weight excluding hydrogens is 258 g/mol. The van der Waals surface area contributed by atoms with E-state index in [1.54, 1.807) is 12.1 Å². The van der Waals surface area contributed by atoms with Crippen LogP contribution in [0.2, 0.25) is 0 Å². The first-order chi connectivity index (χ1) is 9.58. The molecule has 0 radical (unpaired) electrons. The molecule has 20 heavy (non-hydrogen) atoms. The maximum atomic E-state index is 11.5. The number of aryl methyl sites for hydroxylation is 1. The van der Waals surface area contributed by atoms with Gasteiger partial charge in [0, 0.05) is 19.1 Å². The lowest BCUT2D eigenvalue weighted by molar-refractivity contribution is -0.141. The topological polar surface area (TPSA) is 63.7 Å². The van der Waals surface area contributed by atoms with E-state index in [0.717, 1.165) is 23.3 Å². The lowest BCUT2D eigenvalue weighted by atomic mass is 10.1. The minimum Gasteiger partial charge on any atom is -0.466 e. The van der Waals surface area contributed by atoms with E-state index < -0.39 is 0 Å². The van der Waals surface area contributed by atoms with Crippen molar-refractivity contribution in [3.05, 3.63) is 42.0 Å². The molecule has 104 valence electrons. The fourth-order valence-electron chi connectivity index (χ4n) is 1.96. The Labute approximate surface area is 116 Å². The van der Waals surface area contributed by atoms with E-state index in [2.05, 4.69) is 0 Å². The number of nitrogens with zero attached hydrogens (tertiary/aromatic N) is 1. The Morgan fingerprint density at radius 1 is 1.10 bits per heavy atom. The van der Waals surface area contributed by atoms with Gasteiger partial charge < -0.3 is 4.74 Å². The Bertz CT molecular complexity index is 542. The Morgan fingerprint density at radius 3 is 2.25 bits per heavy atom. The molecule has 0 aliphatic carbocycles. The van der Waals surface area contributed by atoms with Gasteiger partial charge in [-0.25, -0.2) is 4.90 Å². The van der Waals surface area contributed by atoms with Gasteiger partial charge in [-0.3, -0.25) is 14.4 Å². The SMILES string of the molecule is CC(=O)OCCCc1ccc(N2C(=O)C=CC2=O)cc1. The van der Waals surface area contributed by atoms with Crippen LogP contribution in [0.4, 0.5) is 5.69 Å². The number of esters is 1. The fourth-order valence-corrected chi connectivity index (χ4v) is 1.96. The summed E-state index contributed by atoms with van der Waals surface area (Å²) < 4.78 is 4.85. The smallest absolute Gasteiger partial charge is 0.302 e. The van der Waals surface area contributed by atoms with Crippen LogP contribution in [0.3, 0.4) is 0 Å². The molecule has 5 heteroatoms. The number of ether oxygens (including phenoxy) is 1. The van der Waals surface area contributed by atoms with E-state index in [9.17, 15) is 14.4 Å². The Morgan fingerprint density at radius 2 is 1.70 bits per heavy atom. The van der Waals surface area contributed by atoms with Crippen LogP contribution in [0, 0.1) is 0 Å². The predicted molar refractivity (Wildman–Crippen MR) is 73.0 cm³/mol. The number of carbonyl (C=O) groups excluding carboxylic acids is 3. The van der Waals surface area contributed by atoms with Crippen molar-refractivity contribution in [2.24, 2.45) is 0 Å². The largest absolute Gasteiger partial charge is 0.466 e. The maximum absolute atomic E-state index is 11.5. The lowest BCUT2D eigenvalue weighted by Gasteiger charge is -2.14. The van der Waals surface area contributed by atoms with Gasteiger partial charge in [-0.1, -0.05) is 12.1 Å². The van der Waals surface area contributed by atoms with Gasteiger partial charge in [-0.05, 0) is 30.5 Å². The van der Waals surface area contributed by atoms with Crippen LogP contribution in [-0.4, -0.2) is 24.4 Å². The number of imide groups is 1. The first-order valence-corrected chi connectivity index (χ1v) is 6.36. The quantitative estimate of drug-likeness (QED) is 0.464. The zero-order valence-electron chi connectivity index (χ0n) is 11.2. The first-order valence-electron chi connectivity index (χ1n) is 6.36. The second kappa shape index (κ2) is 6.14. The van der Waals surface area contributed by atoms with Crippen LogP contribution >= 0.6 is 0 Å². The van der Waals surface area contributed by atoms with Gasteiger partial charge in [0.1, 0.15) is 0 Å². The molecule has 0 atom stereocenters. The molecule has 1 aliphatic rings. The highest BCUT2D eigenvalue weighted by Gasteiger charge is 2.24. The number of carbonyl (C=O) groups is 3. The number of amides is 2. The molecule has 0 saturated heterocycles. The van der Waals surface area contributed by atoms with Gasteiger partial charge in [0.2, 0.25) is 0 Å². The van der Waals surface area contributed by atoms with Crippen LogP contribution in [0.25, 0.3) is 0 Å². The minimum atomic E-state index is -0.322. The number of rotatable bonds is 5. The predicted octanol–water partition coefficient (Wildman–Crippen LogP) is 1.61. The van der Waals surface area contributed by atoms with Crippen LogP contribution in [0.1, 0.15) is 18.9 Å². The molecule has 0 fully saturated rings. The van der Waals surface area contributed by atoms with Crippen LogP contribution in [-0.2, 0) is 25.5 Å². The van der Waals surface area contributed by atoms with E-state index in [4.69, 9.17) is 4.74 Å². The van der Waals surface area contributed by atoms with Crippen molar-refractivity contribution >= 4 is 23.5 Å². The monoisotopic (exact) mass is 273 g/mol. The van der Waals surface area contributed by atoms with Gasteiger partial charge in [-0.2, -0.15) is 0 Å². The molecule has 5 nitrogen and oxygen atoms in total. The third-order valence-corrected chi connectivity index (χ3v) is 2.92.